The van der Waals surface area contributed by atoms with Crippen molar-refractivity contribution in [1.29, 1.82) is 0 Å². The molecule has 0 fully saturated rings. The van der Waals surface area contributed by atoms with E-state index in [0.29, 0.717) is 36.5 Å². The van der Waals surface area contributed by atoms with Crippen LogP contribution in [0, 0.1) is 0 Å². The van der Waals surface area contributed by atoms with Gasteiger partial charge in [-0.1, -0.05) is 30.2 Å². The minimum Gasteiger partial charge on any atom is -0.342 e. The Kier molecular flexibility index (Phi) is 11.8. The van der Waals surface area contributed by atoms with E-state index >= 15 is 0 Å². The second-order valence-electron chi connectivity index (χ2n) is 7.16. The maximum absolute atomic E-state index is 12.6. The van der Waals surface area contributed by atoms with E-state index in [1.807, 2.05) is 0 Å². The Morgan fingerprint density at radius 3 is 2.39 bits per heavy atom. The van der Waals surface area contributed by atoms with Gasteiger partial charge in [0.1, 0.15) is 12.1 Å². The molecule has 10 heteroatoms. The number of rotatable bonds is 13. The highest BCUT2D eigenvalue weighted by atomic mass is 35.5. The van der Waals surface area contributed by atoms with Crippen LogP contribution in [-0.2, 0) is 20.3 Å². The average molecular weight is 449 g/mol. The molecule has 1 rings (SSSR count). The number of hydrogen-bond donors (Lipinski definition) is 3. The summed E-state index contributed by atoms with van der Waals surface area (Å²) >= 11 is 5.75. The molecule has 1 aromatic carbocycles. The van der Waals surface area contributed by atoms with Gasteiger partial charge < -0.3 is 16.0 Å². The SMILES string of the molecule is C=C(C)[C@H](NC(=O)CCCCCN=[N+]=[N-])C(=O)N[C@@H](C)C(=O)Nc1ccc(CCl)cc1. The highest BCUT2D eigenvalue weighted by molar-refractivity contribution is 6.17. The van der Waals surface area contributed by atoms with E-state index in [4.69, 9.17) is 17.1 Å². The summed E-state index contributed by atoms with van der Waals surface area (Å²) in [5.41, 5.74) is 10.2. The molecule has 0 aliphatic rings. The summed E-state index contributed by atoms with van der Waals surface area (Å²) in [5.74, 6) is -0.809. The van der Waals surface area contributed by atoms with Crippen molar-refractivity contribution in [1.82, 2.24) is 10.6 Å². The molecular weight excluding hydrogens is 420 g/mol. The number of carbonyl (C=O) groups excluding carboxylic acids is 3. The van der Waals surface area contributed by atoms with Crippen molar-refractivity contribution >= 4 is 35.0 Å². The molecule has 0 saturated heterocycles. The number of nitrogens with zero attached hydrogens (tertiary/aromatic N) is 3. The number of halogens is 1. The molecule has 3 N–H and O–H groups in total. The van der Waals surface area contributed by atoms with Gasteiger partial charge >= 0.3 is 0 Å². The van der Waals surface area contributed by atoms with Crippen molar-refractivity contribution < 1.29 is 14.4 Å². The molecule has 1 aromatic rings. The van der Waals surface area contributed by atoms with E-state index in [-0.39, 0.29) is 12.3 Å². The second-order valence-corrected chi connectivity index (χ2v) is 7.43. The summed E-state index contributed by atoms with van der Waals surface area (Å²) in [5, 5.41) is 11.4. The molecule has 0 spiro atoms. The van der Waals surface area contributed by atoms with Crippen LogP contribution in [0.3, 0.4) is 0 Å². The van der Waals surface area contributed by atoms with E-state index in [1.54, 1.807) is 38.1 Å². The fourth-order valence-electron chi connectivity index (χ4n) is 2.63. The molecule has 31 heavy (non-hydrogen) atoms. The van der Waals surface area contributed by atoms with Gasteiger partial charge in [-0.15, -0.1) is 11.6 Å². The summed E-state index contributed by atoms with van der Waals surface area (Å²) < 4.78 is 0. The van der Waals surface area contributed by atoms with E-state index in [2.05, 4.69) is 32.6 Å². The summed E-state index contributed by atoms with van der Waals surface area (Å²) in [6.07, 6.45) is 2.28. The number of nitrogens with one attached hydrogen (secondary N) is 3. The zero-order chi connectivity index (χ0) is 23.2. The highest BCUT2D eigenvalue weighted by Crippen LogP contribution is 2.11. The lowest BCUT2D eigenvalue weighted by Gasteiger charge is -2.21. The quantitative estimate of drug-likeness (QED) is 0.106. The number of hydrogen-bond acceptors (Lipinski definition) is 4. The molecule has 0 bridgehead atoms. The van der Waals surface area contributed by atoms with Crippen molar-refractivity contribution in [3.05, 3.63) is 52.4 Å². The first-order valence-corrected chi connectivity index (χ1v) is 10.5. The van der Waals surface area contributed by atoms with Gasteiger partial charge in [0.15, 0.2) is 0 Å². The van der Waals surface area contributed by atoms with Gasteiger partial charge in [0, 0.05) is 29.4 Å². The van der Waals surface area contributed by atoms with E-state index < -0.39 is 23.9 Å². The maximum Gasteiger partial charge on any atom is 0.247 e. The van der Waals surface area contributed by atoms with Crippen LogP contribution >= 0.6 is 11.6 Å². The maximum atomic E-state index is 12.6. The van der Waals surface area contributed by atoms with Gasteiger partial charge in [-0.2, -0.15) is 0 Å². The molecule has 3 amide bonds. The van der Waals surface area contributed by atoms with E-state index in [1.165, 1.54) is 0 Å². The van der Waals surface area contributed by atoms with Crippen LogP contribution in [0.1, 0.15) is 45.1 Å². The van der Waals surface area contributed by atoms with E-state index in [0.717, 1.165) is 12.0 Å². The minimum atomic E-state index is -0.936. The minimum absolute atomic E-state index is 0.238. The number of azide groups is 1. The normalized spacial score (nSPS) is 12.1. The fourth-order valence-corrected chi connectivity index (χ4v) is 2.80. The van der Waals surface area contributed by atoms with Crippen molar-refractivity contribution in [2.24, 2.45) is 5.11 Å². The molecule has 0 aliphatic heterocycles. The summed E-state index contributed by atoms with van der Waals surface area (Å²) in [6, 6.07) is 5.31. The number of benzene rings is 1. The number of amides is 3. The number of unbranched alkanes of at least 4 members (excludes halogenated alkanes) is 2. The summed E-state index contributed by atoms with van der Waals surface area (Å²) in [7, 11) is 0. The Bertz CT molecular complexity index is 821. The molecule has 0 unspecified atom stereocenters. The van der Waals surface area contributed by atoms with Crippen molar-refractivity contribution in [2.45, 2.75) is 57.5 Å². The monoisotopic (exact) mass is 448 g/mol. The topological polar surface area (TPSA) is 136 Å². The third-order valence-electron chi connectivity index (χ3n) is 4.41. The van der Waals surface area contributed by atoms with Gasteiger partial charge in [0.25, 0.3) is 0 Å². The highest BCUT2D eigenvalue weighted by Gasteiger charge is 2.24. The number of carbonyl (C=O) groups is 3. The van der Waals surface area contributed by atoms with Crippen molar-refractivity contribution in [2.75, 3.05) is 11.9 Å². The third-order valence-corrected chi connectivity index (χ3v) is 4.72. The Hall–Kier alpha value is -3.03. The Balaban J connectivity index is 2.53. The Morgan fingerprint density at radius 2 is 1.81 bits per heavy atom. The van der Waals surface area contributed by atoms with Crippen LogP contribution in [0.5, 0.6) is 0 Å². The Labute approximate surface area is 187 Å². The number of anilines is 1. The molecule has 0 aromatic heterocycles. The average Bonchev–Trinajstić information content (AvgIpc) is 2.74. The lowest BCUT2D eigenvalue weighted by Crippen LogP contribution is -2.52. The second kappa shape index (κ2) is 14.1. The van der Waals surface area contributed by atoms with Crippen LogP contribution in [0.25, 0.3) is 10.4 Å². The van der Waals surface area contributed by atoms with Crippen molar-refractivity contribution in [3.63, 3.8) is 0 Å². The fraction of sp³-hybridized carbons (Fsp3) is 0.476. The first-order chi connectivity index (χ1) is 14.8. The lowest BCUT2D eigenvalue weighted by atomic mass is 10.1. The molecule has 168 valence electrons. The van der Waals surface area contributed by atoms with Crippen LogP contribution in [0.2, 0.25) is 0 Å². The van der Waals surface area contributed by atoms with E-state index in [9.17, 15) is 14.4 Å². The van der Waals surface area contributed by atoms with Gasteiger partial charge in [-0.25, -0.2) is 0 Å². The predicted molar refractivity (Wildman–Crippen MR) is 121 cm³/mol. The smallest absolute Gasteiger partial charge is 0.247 e. The number of alkyl halides is 1. The van der Waals surface area contributed by atoms with Crippen LogP contribution in [0.15, 0.2) is 41.5 Å². The van der Waals surface area contributed by atoms with Gasteiger partial charge in [-0.05, 0) is 55.5 Å². The molecule has 0 radical (unpaired) electrons. The zero-order valence-corrected chi connectivity index (χ0v) is 18.6. The molecule has 0 saturated carbocycles. The predicted octanol–water partition coefficient (Wildman–Crippen LogP) is 3.80. The first-order valence-electron chi connectivity index (χ1n) is 10.00. The molecule has 0 aliphatic carbocycles. The summed E-state index contributed by atoms with van der Waals surface area (Å²) in [4.78, 5) is 39.8. The first kappa shape index (κ1) is 26.0. The van der Waals surface area contributed by atoms with Gasteiger partial charge in [0.05, 0.1) is 0 Å². The summed E-state index contributed by atoms with van der Waals surface area (Å²) in [6.45, 7) is 7.35. The van der Waals surface area contributed by atoms with Crippen LogP contribution < -0.4 is 16.0 Å². The lowest BCUT2D eigenvalue weighted by molar-refractivity contribution is -0.130. The molecule has 0 heterocycles. The standard InChI is InChI=1S/C21H29ClN6O3/c1-14(2)19(27-18(29)7-5-4-6-12-24-28-23)21(31)25-15(3)20(30)26-17-10-8-16(13-22)9-11-17/h8-11,15,19H,1,4-7,12-13H2,2-3H3,(H,25,31)(H,26,30)(H,27,29)/t15-,19-/m0/s1. The molecule has 2 atom stereocenters. The Morgan fingerprint density at radius 1 is 1.13 bits per heavy atom. The van der Waals surface area contributed by atoms with Gasteiger partial charge in [0.2, 0.25) is 17.7 Å². The third kappa shape index (κ3) is 10.0. The zero-order valence-electron chi connectivity index (χ0n) is 17.9. The molecular formula is C21H29ClN6O3. The van der Waals surface area contributed by atoms with Crippen molar-refractivity contribution in [3.8, 4) is 0 Å². The van der Waals surface area contributed by atoms with Gasteiger partial charge in [-0.3, -0.25) is 14.4 Å². The van der Waals surface area contributed by atoms with Crippen LogP contribution in [0.4, 0.5) is 5.69 Å². The largest absolute Gasteiger partial charge is 0.342 e. The van der Waals surface area contributed by atoms with Crippen LogP contribution in [-0.4, -0.2) is 36.3 Å². The molecule has 9 nitrogen and oxygen atoms in total.